The van der Waals surface area contributed by atoms with Crippen LogP contribution in [0.1, 0.15) is 53.8 Å². The highest BCUT2D eigenvalue weighted by molar-refractivity contribution is 7.16. The summed E-state index contributed by atoms with van der Waals surface area (Å²) in [4.78, 5) is 14.7. The van der Waals surface area contributed by atoms with Crippen molar-refractivity contribution < 1.29 is 15.0 Å². The Labute approximate surface area is 187 Å². The topological polar surface area (TPSA) is 60.8 Å². The molecule has 0 amide bonds. The minimum Gasteiger partial charge on any atom is -0.508 e. The molecule has 4 rings (SSSR count). The van der Waals surface area contributed by atoms with Crippen LogP contribution in [0.15, 0.2) is 60.7 Å². The molecule has 1 aromatic heterocycles. The maximum Gasteiger partial charge on any atom is 0.328 e. The Kier molecular flexibility index (Phi) is 5.63. The molecule has 2 aromatic carbocycles. The van der Waals surface area contributed by atoms with Gasteiger partial charge in [-0.2, -0.15) is 0 Å². The first-order valence-electron chi connectivity index (χ1n) is 10.5. The lowest BCUT2D eigenvalue weighted by atomic mass is 9.77. The molecule has 4 nitrogen and oxygen atoms in total. The number of aromatic hydroxyl groups is 1. The number of carboxylic acids is 1. The highest BCUT2D eigenvalue weighted by atomic mass is 32.1. The Balaban J connectivity index is 1.82. The molecule has 1 atom stereocenters. The van der Waals surface area contributed by atoms with Crippen LogP contribution in [0, 0.1) is 0 Å². The van der Waals surface area contributed by atoms with E-state index in [1.54, 1.807) is 12.1 Å². The number of hydrogen-bond acceptors (Lipinski definition) is 4. The number of nitrogens with zero attached hydrogens (tertiary/aromatic N) is 1. The van der Waals surface area contributed by atoms with E-state index in [0.29, 0.717) is 11.7 Å². The summed E-state index contributed by atoms with van der Waals surface area (Å²) in [5.74, 6) is -0.178. The van der Waals surface area contributed by atoms with Gasteiger partial charge in [-0.3, -0.25) is 0 Å². The van der Waals surface area contributed by atoms with Crippen molar-refractivity contribution in [2.24, 2.45) is 0 Å². The number of rotatable bonds is 5. The number of benzene rings is 2. The molecule has 0 fully saturated rings. The van der Waals surface area contributed by atoms with E-state index in [1.807, 2.05) is 35.6 Å². The monoisotopic (exact) mass is 433 g/mol. The number of thiophene rings is 1. The summed E-state index contributed by atoms with van der Waals surface area (Å²) in [5, 5.41) is 20.2. The van der Waals surface area contributed by atoms with Gasteiger partial charge in [-0.1, -0.05) is 44.2 Å². The van der Waals surface area contributed by atoms with Crippen LogP contribution in [0.4, 0.5) is 5.00 Å². The van der Waals surface area contributed by atoms with Gasteiger partial charge in [0, 0.05) is 17.5 Å². The van der Waals surface area contributed by atoms with Crippen LogP contribution in [0.2, 0.25) is 0 Å². The maximum atomic E-state index is 10.8. The van der Waals surface area contributed by atoms with Crippen LogP contribution in [0.5, 0.6) is 5.75 Å². The van der Waals surface area contributed by atoms with Crippen molar-refractivity contribution in [1.82, 2.24) is 0 Å². The van der Waals surface area contributed by atoms with Gasteiger partial charge in [0.1, 0.15) is 5.75 Å². The third-order valence-corrected chi connectivity index (χ3v) is 7.51. The number of aliphatic carboxylic acids is 1. The number of carbonyl (C=O) groups is 1. The Morgan fingerprint density at radius 1 is 1.13 bits per heavy atom. The maximum absolute atomic E-state index is 10.8. The number of phenols is 1. The second kappa shape index (κ2) is 8.23. The van der Waals surface area contributed by atoms with Gasteiger partial charge in [0.25, 0.3) is 0 Å². The van der Waals surface area contributed by atoms with Crippen molar-refractivity contribution in [2.75, 3.05) is 11.4 Å². The van der Waals surface area contributed by atoms with Crippen molar-refractivity contribution in [3.63, 3.8) is 0 Å². The lowest BCUT2D eigenvalue weighted by Crippen LogP contribution is -2.49. The molecule has 1 aliphatic heterocycles. The molecule has 0 bridgehead atoms. The molecular formula is C26H27NO3S. The highest BCUT2D eigenvalue weighted by Crippen LogP contribution is 2.46. The predicted octanol–water partition coefficient (Wildman–Crippen LogP) is 6.00. The lowest BCUT2D eigenvalue weighted by molar-refractivity contribution is -0.131. The predicted molar refractivity (Wildman–Crippen MR) is 127 cm³/mol. The van der Waals surface area contributed by atoms with Crippen LogP contribution < -0.4 is 4.90 Å². The average molecular weight is 434 g/mol. The third kappa shape index (κ3) is 3.98. The van der Waals surface area contributed by atoms with Gasteiger partial charge in [0.2, 0.25) is 0 Å². The molecule has 160 valence electrons. The van der Waals surface area contributed by atoms with E-state index >= 15 is 0 Å². The van der Waals surface area contributed by atoms with Crippen LogP contribution >= 0.6 is 11.3 Å². The minimum absolute atomic E-state index is 0.293. The van der Waals surface area contributed by atoms with E-state index in [2.05, 4.69) is 49.9 Å². The molecule has 0 radical (unpaired) electrons. The molecular weight excluding hydrogens is 406 g/mol. The van der Waals surface area contributed by atoms with Gasteiger partial charge in [-0.25, -0.2) is 4.79 Å². The molecule has 0 saturated carbocycles. The smallest absolute Gasteiger partial charge is 0.328 e. The van der Waals surface area contributed by atoms with E-state index in [9.17, 15) is 9.90 Å². The normalized spacial score (nSPS) is 18.5. The van der Waals surface area contributed by atoms with Gasteiger partial charge in [-0.05, 0) is 71.9 Å². The summed E-state index contributed by atoms with van der Waals surface area (Å²) in [7, 11) is 0. The quantitative estimate of drug-likeness (QED) is 0.485. The summed E-state index contributed by atoms with van der Waals surface area (Å²) in [6.45, 7) is 7.52. The van der Waals surface area contributed by atoms with Gasteiger partial charge >= 0.3 is 5.97 Å². The molecule has 3 aromatic rings. The average Bonchev–Trinajstić information content (AvgIpc) is 3.23. The van der Waals surface area contributed by atoms with Crippen LogP contribution in [-0.4, -0.2) is 22.7 Å². The van der Waals surface area contributed by atoms with Crippen LogP contribution in [0.25, 0.3) is 6.08 Å². The first-order valence-corrected chi connectivity index (χ1v) is 11.3. The summed E-state index contributed by atoms with van der Waals surface area (Å²) in [6, 6.07) is 18.2. The molecule has 31 heavy (non-hydrogen) atoms. The first-order chi connectivity index (χ1) is 14.8. The molecule has 0 spiro atoms. The van der Waals surface area contributed by atoms with Crippen LogP contribution in [-0.2, 0) is 16.8 Å². The van der Waals surface area contributed by atoms with Crippen molar-refractivity contribution in [1.29, 1.82) is 0 Å². The number of anilines is 1. The molecule has 2 heterocycles. The third-order valence-electron chi connectivity index (χ3n) is 6.10. The second-order valence-corrected chi connectivity index (χ2v) is 9.53. The number of fused-ring (bicyclic) bond motifs is 1. The molecule has 1 aliphatic rings. The Hall–Kier alpha value is -3.05. The number of hydrogen-bond donors (Lipinski definition) is 2. The van der Waals surface area contributed by atoms with E-state index in [-0.39, 0.29) is 0 Å². The SMILES string of the molecule is CC(C)c1ccc(N2CCc3cc(O)ccc3[C@]2(C)c2ccc(C=CC(=O)O)cc2)s1. The lowest BCUT2D eigenvalue weighted by Gasteiger charge is -2.47. The molecule has 0 saturated heterocycles. The first kappa shape index (κ1) is 21.2. The van der Waals surface area contributed by atoms with E-state index in [1.165, 1.54) is 15.4 Å². The summed E-state index contributed by atoms with van der Waals surface area (Å²) in [6.07, 6.45) is 3.63. The fourth-order valence-electron chi connectivity index (χ4n) is 4.39. The minimum atomic E-state index is -0.957. The molecule has 2 N–H and O–H groups in total. The van der Waals surface area contributed by atoms with Crippen molar-refractivity contribution >= 4 is 28.4 Å². The Morgan fingerprint density at radius 2 is 1.87 bits per heavy atom. The second-order valence-electron chi connectivity index (χ2n) is 8.44. The van der Waals surface area contributed by atoms with Gasteiger partial charge in [-0.15, -0.1) is 11.3 Å². The standard InChI is InChI=1S/C26H27NO3S/c1-17(2)23-11-12-24(31-23)27-15-14-19-16-21(28)9-10-22(19)26(27,3)20-7-4-18(5-8-20)6-13-25(29)30/h4-13,16-17,28H,14-15H2,1-3H3,(H,29,30)/t26-/m0/s1. The van der Waals surface area contributed by atoms with Gasteiger partial charge in [0.05, 0.1) is 10.5 Å². The molecule has 5 heteroatoms. The van der Waals surface area contributed by atoms with E-state index in [0.717, 1.165) is 35.7 Å². The molecule has 0 aliphatic carbocycles. The Morgan fingerprint density at radius 3 is 2.52 bits per heavy atom. The van der Waals surface area contributed by atoms with Gasteiger partial charge < -0.3 is 15.1 Å². The number of carboxylic acid groups (broad SMARTS) is 1. The van der Waals surface area contributed by atoms with E-state index < -0.39 is 11.5 Å². The fourth-order valence-corrected chi connectivity index (χ4v) is 5.52. The van der Waals surface area contributed by atoms with Gasteiger partial charge in [0.15, 0.2) is 0 Å². The Bertz CT molecular complexity index is 1130. The van der Waals surface area contributed by atoms with E-state index in [4.69, 9.17) is 5.11 Å². The van der Waals surface area contributed by atoms with Crippen molar-refractivity contribution in [3.05, 3.63) is 87.8 Å². The number of phenolic OH excluding ortho intramolecular Hbond substituents is 1. The van der Waals surface area contributed by atoms with Crippen molar-refractivity contribution in [3.8, 4) is 5.75 Å². The highest BCUT2D eigenvalue weighted by Gasteiger charge is 2.41. The zero-order chi connectivity index (χ0) is 22.2. The van der Waals surface area contributed by atoms with Crippen molar-refractivity contribution in [2.45, 2.75) is 38.6 Å². The largest absolute Gasteiger partial charge is 0.508 e. The zero-order valence-electron chi connectivity index (χ0n) is 18.0. The summed E-state index contributed by atoms with van der Waals surface area (Å²) in [5.41, 5.74) is 3.92. The summed E-state index contributed by atoms with van der Waals surface area (Å²) >= 11 is 1.84. The summed E-state index contributed by atoms with van der Waals surface area (Å²) < 4.78 is 0. The van der Waals surface area contributed by atoms with Crippen LogP contribution in [0.3, 0.4) is 0 Å². The fraction of sp³-hybridized carbons (Fsp3) is 0.269. The zero-order valence-corrected chi connectivity index (χ0v) is 18.8. The molecule has 0 unspecified atom stereocenters.